The van der Waals surface area contributed by atoms with Crippen LogP contribution in [0, 0.1) is 0 Å². The maximum atomic E-state index is 13.1. The van der Waals surface area contributed by atoms with Crippen molar-refractivity contribution >= 4 is 23.3 Å². The van der Waals surface area contributed by atoms with E-state index >= 15 is 0 Å². The zero-order valence-corrected chi connectivity index (χ0v) is 18.0. The Hall–Kier alpha value is -3.16. The SMILES string of the molecule is CCc1ccccc1-c1cc2c(s1)C(C(N)=O)N1CC2N(OCc2ccccc2)C1=O. The number of thiophene rings is 1. The average Bonchev–Trinajstić information content (AvgIpc) is 3.34. The number of hydroxylamine groups is 2. The molecule has 5 rings (SSSR count). The molecule has 1 aromatic heterocycles. The second-order valence-corrected chi connectivity index (χ2v) is 8.87. The van der Waals surface area contributed by atoms with Gasteiger partial charge in [-0.15, -0.1) is 11.3 Å². The lowest BCUT2D eigenvalue weighted by Crippen LogP contribution is -2.40. The lowest BCUT2D eigenvalue weighted by atomic mass is 9.97. The van der Waals surface area contributed by atoms with Crippen LogP contribution in [0.5, 0.6) is 0 Å². The standard InChI is InChI=1S/C24H23N3O3S/c1-2-16-10-6-7-11-17(16)20-12-18-19-13-26(21(23(25)28)22(18)31-20)24(29)27(19)30-14-15-8-4-3-5-9-15/h3-12,19,21H,2,13-14H2,1H3,(H2,25,28). The third-order valence-corrected chi connectivity index (χ3v) is 7.18. The Morgan fingerprint density at radius 1 is 1.16 bits per heavy atom. The van der Waals surface area contributed by atoms with Crippen LogP contribution in [0.15, 0.2) is 60.7 Å². The summed E-state index contributed by atoms with van der Waals surface area (Å²) in [6.45, 7) is 2.80. The first-order valence-electron chi connectivity index (χ1n) is 10.4. The van der Waals surface area contributed by atoms with Crippen molar-refractivity contribution in [1.29, 1.82) is 0 Å². The highest BCUT2D eigenvalue weighted by atomic mass is 32.1. The lowest BCUT2D eigenvalue weighted by molar-refractivity contribution is -0.141. The van der Waals surface area contributed by atoms with E-state index in [9.17, 15) is 9.59 Å². The van der Waals surface area contributed by atoms with Crippen molar-refractivity contribution in [1.82, 2.24) is 9.96 Å². The number of nitrogens with zero attached hydrogens (tertiary/aromatic N) is 2. The molecule has 1 saturated heterocycles. The second kappa shape index (κ2) is 7.83. The summed E-state index contributed by atoms with van der Waals surface area (Å²) in [5, 5.41) is 1.41. The van der Waals surface area contributed by atoms with Crippen LogP contribution in [0.3, 0.4) is 0 Å². The number of carbonyl (C=O) groups is 2. The summed E-state index contributed by atoms with van der Waals surface area (Å²) in [7, 11) is 0. The third-order valence-electron chi connectivity index (χ3n) is 5.94. The van der Waals surface area contributed by atoms with Gasteiger partial charge in [0.05, 0.1) is 6.54 Å². The van der Waals surface area contributed by atoms with Gasteiger partial charge in [-0.05, 0) is 34.7 Å². The summed E-state index contributed by atoms with van der Waals surface area (Å²) in [6.07, 6.45) is 0.915. The summed E-state index contributed by atoms with van der Waals surface area (Å²) < 4.78 is 0. The molecule has 7 heteroatoms. The molecule has 0 saturated carbocycles. The largest absolute Gasteiger partial charge is 0.368 e. The van der Waals surface area contributed by atoms with Crippen molar-refractivity contribution in [3.8, 4) is 10.4 Å². The van der Waals surface area contributed by atoms with Crippen LogP contribution in [0.1, 0.15) is 40.6 Å². The van der Waals surface area contributed by atoms with E-state index < -0.39 is 11.9 Å². The van der Waals surface area contributed by atoms with E-state index in [1.54, 1.807) is 11.3 Å². The van der Waals surface area contributed by atoms with Gasteiger partial charge in [-0.25, -0.2) is 4.79 Å². The molecule has 0 aliphatic carbocycles. The van der Waals surface area contributed by atoms with Gasteiger partial charge in [0.15, 0.2) is 0 Å². The number of carbonyl (C=O) groups excluding carboxylic acids is 2. The summed E-state index contributed by atoms with van der Waals surface area (Å²) in [4.78, 5) is 34.9. The Morgan fingerprint density at radius 3 is 2.65 bits per heavy atom. The molecule has 2 bridgehead atoms. The number of rotatable bonds is 6. The molecule has 3 aromatic rings. The number of urea groups is 1. The first kappa shape index (κ1) is 19.8. The molecule has 31 heavy (non-hydrogen) atoms. The summed E-state index contributed by atoms with van der Waals surface area (Å²) in [6, 6.07) is 18.7. The molecule has 158 valence electrons. The van der Waals surface area contributed by atoms with Crippen LogP contribution in [-0.4, -0.2) is 28.4 Å². The van der Waals surface area contributed by atoms with Gasteiger partial charge in [-0.3, -0.25) is 9.63 Å². The highest BCUT2D eigenvalue weighted by Crippen LogP contribution is 2.49. The molecular formula is C24H23N3O3S. The summed E-state index contributed by atoms with van der Waals surface area (Å²) in [5.74, 6) is -0.518. The van der Waals surface area contributed by atoms with Gasteiger partial charge in [-0.1, -0.05) is 61.5 Å². The van der Waals surface area contributed by atoms with E-state index in [-0.39, 0.29) is 18.7 Å². The topological polar surface area (TPSA) is 75.9 Å². The van der Waals surface area contributed by atoms with Gasteiger partial charge in [0.1, 0.15) is 18.7 Å². The predicted octanol–water partition coefficient (Wildman–Crippen LogP) is 4.43. The molecule has 2 unspecified atom stereocenters. The van der Waals surface area contributed by atoms with Crippen molar-refractivity contribution in [3.63, 3.8) is 0 Å². The Labute approximate surface area is 184 Å². The molecule has 3 amide bonds. The smallest absolute Gasteiger partial charge is 0.345 e. The molecule has 0 spiro atoms. The second-order valence-electron chi connectivity index (χ2n) is 7.78. The molecule has 2 atom stereocenters. The summed E-state index contributed by atoms with van der Waals surface area (Å²) in [5.41, 5.74) is 10.1. The highest BCUT2D eigenvalue weighted by Gasteiger charge is 2.51. The van der Waals surface area contributed by atoms with Crippen molar-refractivity contribution in [2.24, 2.45) is 5.73 Å². The zero-order chi connectivity index (χ0) is 21.5. The first-order valence-corrected chi connectivity index (χ1v) is 11.2. The quantitative estimate of drug-likeness (QED) is 0.625. The van der Waals surface area contributed by atoms with Crippen molar-refractivity contribution < 1.29 is 14.4 Å². The maximum Gasteiger partial charge on any atom is 0.345 e. The number of hydrogen-bond acceptors (Lipinski definition) is 4. The first-order chi connectivity index (χ1) is 15.1. The number of fused-ring (bicyclic) bond motifs is 4. The van der Waals surface area contributed by atoms with Gasteiger partial charge in [-0.2, -0.15) is 5.06 Å². The number of hydrogen-bond donors (Lipinski definition) is 1. The Kier molecular flexibility index (Phi) is 5.00. The van der Waals surface area contributed by atoms with E-state index in [1.165, 1.54) is 15.5 Å². The molecular weight excluding hydrogens is 410 g/mol. The Balaban J connectivity index is 1.53. The maximum absolute atomic E-state index is 13.1. The van der Waals surface area contributed by atoms with Gasteiger partial charge < -0.3 is 10.6 Å². The zero-order valence-electron chi connectivity index (χ0n) is 17.2. The molecule has 2 aromatic carbocycles. The summed E-state index contributed by atoms with van der Waals surface area (Å²) >= 11 is 1.54. The van der Waals surface area contributed by atoms with Crippen LogP contribution in [0.4, 0.5) is 4.79 Å². The molecule has 6 nitrogen and oxygen atoms in total. The third kappa shape index (κ3) is 3.30. The molecule has 0 radical (unpaired) electrons. The van der Waals surface area contributed by atoms with Crippen LogP contribution in [0.2, 0.25) is 0 Å². The fourth-order valence-electron chi connectivity index (χ4n) is 4.42. The average molecular weight is 434 g/mol. The van der Waals surface area contributed by atoms with E-state index in [4.69, 9.17) is 10.6 Å². The van der Waals surface area contributed by atoms with Crippen LogP contribution >= 0.6 is 11.3 Å². The van der Waals surface area contributed by atoms with Crippen molar-refractivity contribution in [2.75, 3.05) is 6.54 Å². The van der Waals surface area contributed by atoms with Gasteiger partial charge in [0.2, 0.25) is 5.91 Å². The van der Waals surface area contributed by atoms with Gasteiger partial charge >= 0.3 is 6.03 Å². The minimum Gasteiger partial charge on any atom is -0.368 e. The van der Waals surface area contributed by atoms with E-state index in [1.807, 2.05) is 42.5 Å². The molecule has 2 aliphatic rings. The Bertz CT molecular complexity index is 1140. The number of aryl methyl sites for hydroxylation is 1. The predicted molar refractivity (Wildman–Crippen MR) is 119 cm³/mol. The monoisotopic (exact) mass is 433 g/mol. The van der Waals surface area contributed by atoms with E-state index in [0.29, 0.717) is 6.54 Å². The normalized spacial score (nSPS) is 19.6. The van der Waals surface area contributed by atoms with E-state index in [0.717, 1.165) is 32.9 Å². The van der Waals surface area contributed by atoms with Crippen LogP contribution < -0.4 is 5.73 Å². The Morgan fingerprint density at radius 2 is 1.90 bits per heavy atom. The number of primary amides is 1. The lowest BCUT2D eigenvalue weighted by Gasteiger charge is -2.28. The van der Waals surface area contributed by atoms with Crippen LogP contribution in [0.25, 0.3) is 10.4 Å². The number of benzene rings is 2. The molecule has 3 heterocycles. The fraction of sp³-hybridized carbons (Fsp3) is 0.250. The van der Waals surface area contributed by atoms with Gasteiger partial charge in [0.25, 0.3) is 0 Å². The van der Waals surface area contributed by atoms with E-state index in [2.05, 4.69) is 25.1 Å². The highest BCUT2D eigenvalue weighted by molar-refractivity contribution is 7.16. The molecule has 2 N–H and O–H groups in total. The minimum atomic E-state index is -0.767. The van der Waals surface area contributed by atoms with Crippen molar-refractivity contribution in [3.05, 3.63) is 82.2 Å². The van der Waals surface area contributed by atoms with Crippen LogP contribution in [-0.2, 0) is 22.7 Å². The molecule has 1 fully saturated rings. The molecule has 2 aliphatic heterocycles. The fourth-order valence-corrected chi connectivity index (χ4v) is 5.82. The van der Waals surface area contributed by atoms with Crippen molar-refractivity contribution in [2.45, 2.75) is 32.0 Å². The van der Waals surface area contributed by atoms with Gasteiger partial charge in [0, 0.05) is 9.75 Å². The number of amides is 3. The number of nitrogens with two attached hydrogens (primary N) is 1. The minimum absolute atomic E-state index is 0.263.